The van der Waals surface area contributed by atoms with Crippen LogP contribution in [0.5, 0.6) is 5.75 Å². The minimum atomic E-state index is -4.34. The van der Waals surface area contributed by atoms with Crippen LogP contribution in [0, 0.1) is 0 Å². The Morgan fingerprint density at radius 2 is 1.73 bits per heavy atom. The summed E-state index contributed by atoms with van der Waals surface area (Å²) in [5, 5.41) is 3.31. The zero-order valence-electron chi connectivity index (χ0n) is 14.3. The fraction of sp³-hybridized carbons (Fsp3) is 0.368. The molecule has 0 aliphatic carbocycles. The molecule has 0 saturated carbocycles. The van der Waals surface area contributed by atoms with Gasteiger partial charge in [-0.1, -0.05) is 28.1 Å². The van der Waals surface area contributed by atoms with Gasteiger partial charge in [-0.2, -0.15) is 13.2 Å². The van der Waals surface area contributed by atoms with Gasteiger partial charge < -0.3 is 10.1 Å². The molecule has 1 unspecified atom stereocenters. The first-order valence-electron chi connectivity index (χ1n) is 8.35. The van der Waals surface area contributed by atoms with E-state index < -0.39 is 11.7 Å². The highest BCUT2D eigenvalue weighted by Crippen LogP contribution is 2.38. The highest BCUT2D eigenvalue weighted by molar-refractivity contribution is 9.10. The van der Waals surface area contributed by atoms with Gasteiger partial charge in [0, 0.05) is 36.2 Å². The Morgan fingerprint density at radius 1 is 1.08 bits per heavy atom. The predicted octanol–water partition coefficient (Wildman–Crippen LogP) is 4.47. The molecule has 0 radical (unpaired) electrons. The van der Waals surface area contributed by atoms with Gasteiger partial charge >= 0.3 is 6.18 Å². The molecule has 2 aromatic rings. The third-order valence-electron chi connectivity index (χ3n) is 4.56. The Labute approximate surface area is 159 Å². The standard InChI is InChI=1S/C19H20BrF3N2O/c1-26-17-7-6-15(20)12-16(17)18(25-10-8-24-9-11-25)13-2-4-14(5-3-13)19(21,22)23/h2-7,12,18,24H,8-11H2,1H3. The molecule has 2 aromatic carbocycles. The largest absolute Gasteiger partial charge is 0.496 e. The number of alkyl halides is 3. The van der Waals surface area contributed by atoms with Crippen LogP contribution in [0.25, 0.3) is 0 Å². The Hall–Kier alpha value is -1.57. The van der Waals surface area contributed by atoms with Crippen LogP contribution < -0.4 is 10.1 Å². The van der Waals surface area contributed by atoms with E-state index >= 15 is 0 Å². The van der Waals surface area contributed by atoms with Crippen molar-refractivity contribution in [3.05, 3.63) is 63.6 Å². The number of nitrogens with zero attached hydrogens (tertiary/aromatic N) is 1. The fourth-order valence-electron chi connectivity index (χ4n) is 3.30. The molecule has 1 aliphatic rings. The molecule has 0 bridgehead atoms. The Balaban J connectivity index is 2.05. The molecule has 140 valence electrons. The van der Waals surface area contributed by atoms with E-state index in [4.69, 9.17) is 4.74 Å². The molecule has 7 heteroatoms. The van der Waals surface area contributed by atoms with Crippen molar-refractivity contribution in [2.24, 2.45) is 0 Å². The number of ether oxygens (including phenoxy) is 1. The van der Waals surface area contributed by atoms with Crippen LogP contribution >= 0.6 is 15.9 Å². The van der Waals surface area contributed by atoms with E-state index in [1.54, 1.807) is 19.2 Å². The van der Waals surface area contributed by atoms with E-state index in [1.807, 2.05) is 18.2 Å². The molecule has 0 aromatic heterocycles. The number of hydrogen-bond donors (Lipinski definition) is 1. The van der Waals surface area contributed by atoms with E-state index in [9.17, 15) is 13.2 Å². The molecule has 1 saturated heterocycles. The van der Waals surface area contributed by atoms with Gasteiger partial charge in [0.15, 0.2) is 0 Å². The maximum Gasteiger partial charge on any atom is 0.416 e. The molecule has 0 spiro atoms. The lowest BCUT2D eigenvalue weighted by atomic mass is 9.94. The summed E-state index contributed by atoms with van der Waals surface area (Å²) in [6, 6.07) is 11.0. The van der Waals surface area contributed by atoms with Crippen LogP contribution in [-0.4, -0.2) is 38.2 Å². The lowest BCUT2D eigenvalue weighted by Gasteiger charge is -2.36. The van der Waals surface area contributed by atoms with Gasteiger partial charge in [-0.3, -0.25) is 4.90 Å². The zero-order valence-corrected chi connectivity index (χ0v) is 15.9. The molecule has 1 heterocycles. The number of hydrogen-bond acceptors (Lipinski definition) is 3. The number of methoxy groups -OCH3 is 1. The highest BCUT2D eigenvalue weighted by Gasteiger charge is 2.31. The quantitative estimate of drug-likeness (QED) is 0.777. The second-order valence-electron chi connectivity index (χ2n) is 6.19. The Morgan fingerprint density at radius 3 is 2.31 bits per heavy atom. The minimum absolute atomic E-state index is 0.174. The zero-order chi connectivity index (χ0) is 18.7. The van der Waals surface area contributed by atoms with Gasteiger partial charge in [-0.25, -0.2) is 0 Å². The van der Waals surface area contributed by atoms with E-state index in [-0.39, 0.29) is 6.04 Å². The normalized spacial score (nSPS) is 17.1. The summed E-state index contributed by atoms with van der Waals surface area (Å²) in [6.07, 6.45) is -4.34. The maximum absolute atomic E-state index is 12.9. The SMILES string of the molecule is COc1ccc(Br)cc1C(c1ccc(C(F)(F)F)cc1)N1CCNCC1. The number of nitrogens with one attached hydrogen (secondary N) is 1. The van der Waals surface area contributed by atoms with E-state index in [0.29, 0.717) is 0 Å². The molecule has 1 atom stereocenters. The summed E-state index contributed by atoms with van der Waals surface area (Å²) in [7, 11) is 1.61. The van der Waals surface area contributed by atoms with E-state index in [1.165, 1.54) is 0 Å². The lowest BCUT2D eigenvalue weighted by molar-refractivity contribution is -0.137. The average molecular weight is 429 g/mol. The van der Waals surface area contributed by atoms with Gasteiger partial charge in [0.1, 0.15) is 5.75 Å². The number of benzene rings is 2. The fourth-order valence-corrected chi connectivity index (χ4v) is 3.68. The minimum Gasteiger partial charge on any atom is -0.496 e. The van der Waals surface area contributed by atoms with Gasteiger partial charge in [0.05, 0.1) is 18.7 Å². The smallest absolute Gasteiger partial charge is 0.416 e. The molecule has 3 rings (SSSR count). The van der Waals surface area contributed by atoms with E-state index in [0.717, 1.165) is 59.7 Å². The molecule has 3 nitrogen and oxygen atoms in total. The predicted molar refractivity (Wildman–Crippen MR) is 98.4 cm³/mol. The van der Waals surface area contributed by atoms with Crippen LogP contribution in [-0.2, 0) is 6.18 Å². The number of piperazine rings is 1. The molecule has 1 aliphatic heterocycles. The second-order valence-corrected chi connectivity index (χ2v) is 7.11. The highest BCUT2D eigenvalue weighted by atomic mass is 79.9. The van der Waals surface area contributed by atoms with Crippen LogP contribution in [0.4, 0.5) is 13.2 Å². The summed E-state index contributed by atoms with van der Waals surface area (Å²) in [5.41, 5.74) is 1.11. The van der Waals surface area contributed by atoms with Gasteiger partial charge in [-0.15, -0.1) is 0 Å². The van der Waals surface area contributed by atoms with Crippen molar-refractivity contribution in [3.63, 3.8) is 0 Å². The molecule has 1 N–H and O–H groups in total. The second kappa shape index (κ2) is 7.98. The van der Waals surface area contributed by atoms with Crippen LogP contribution in [0.2, 0.25) is 0 Å². The molecule has 0 amide bonds. The summed E-state index contributed by atoms with van der Waals surface area (Å²) in [6.45, 7) is 3.30. The van der Waals surface area contributed by atoms with Crippen molar-refractivity contribution in [2.75, 3.05) is 33.3 Å². The number of rotatable bonds is 4. The van der Waals surface area contributed by atoms with Crippen molar-refractivity contribution in [3.8, 4) is 5.75 Å². The molecule has 26 heavy (non-hydrogen) atoms. The summed E-state index contributed by atoms with van der Waals surface area (Å²) >= 11 is 3.49. The van der Waals surface area contributed by atoms with Crippen LogP contribution in [0.3, 0.4) is 0 Å². The third kappa shape index (κ3) is 4.22. The van der Waals surface area contributed by atoms with Crippen molar-refractivity contribution in [1.82, 2.24) is 10.2 Å². The first kappa shape index (κ1) is 19.2. The van der Waals surface area contributed by atoms with Crippen LogP contribution in [0.1, 0.15) is 22.7 Å². The monoisotopic (exact) mass is 428 g/mol. The Kier molecular flexibility index (Phi) is 5.89. The van der Waals surface area contributed by atoms with Crippen molar-refractivity contribution < 1.29 is 17.9 Å². The summed E-state index contributed by atoms with van der Waals surface area (Å²) in [4.78, 5) is 2.27. The first-order chi connectivity index (χ1) is 12.4. The summed E-state index contributed by atoms with van der Waals surface area (Å²) in [5.74, 6) is 0.719. The lowest BCUT2D eigenvalue weighted by Crippen LogP contribution is -2.45. The van der Waals surface area contributed by atoms with Gasteiger partial charge in [-0.05, 0) is 35.9 Å². The molecule has 1 fully saturated rings. The van der Waals surface area contributed by atoms with Crippen molar-refractivity contribution in [2.45, 2.75) is 12.2 Å². The molecular weight excluding hydrogens is 409 g/mol. The molecular formula is C19H20BrF3N2O. The van der Waals surface area contributed by atoms with Gasteiger partial charge in [0.25, 0.3) is 0 Å². The van der Waals surface area contributed by atoms with Crippen LogP contribution in [0.15, 0.2) is 46.9 Å². The van der Waals surface area contributed by atoms with Crippen molar-refractivity contribution >= 4 is 15.9 Å². The number of halogens is 4. The maximum atomic E-state index is 12.9. The Bertz CT molecular complexity index is 743. The van der Waals surface area contributed by atoms with Crippen molar-refractivity contribution in [1.29, 1.82) is 0 Å². The topological polar surface area (TPSA) is 24.5 Å². The summed E-state index contributed by atoms with van der Waals surface area (Å²) < 4.78 is 45.2. The third-order valence-corrected chi connectivity index (χ3v) is 5.05. The van der Waals surface area contributed by atoms with Gasteiger partial charge in [0.2, 0.25) is 0 Å². The average Bonchev–Trinajstić information content (AvgIpc) is 2.63. The van der Waals surface area contributed by atoms with E-state index in [2.05, 4.69) is 26.1 Å². The first-order valence-corrected chi connectivity index (χ1v) is 9.15.